The van der Waals surface area contributed by atoms with Gasteiger partial charge in [0.15, 0.2) is 6.04 Å². The van der Waals surface area contributed by atoms with Crippen molar-refractivity contribution < 1.29 is 4.57 Å². The van der Waals surface area contributed by atoms with Crippen molar-refractivity contribution in [1.82, 2.24) is 0 Å². The van der Waals surface area contributed by atoms with Gasteiger partial charge >= 0.3 is 0 Å². The minimum Gasteiger partial charge on any atom is -0.399 e. The number of hydrogen-bond donors (Lipinski definition) is 2. The van der Waals surface area contributed by atoms with Crippen LogP contribution >= 0.6 is 0 Å². The number of benzene rings is 3. The molecule has 0 unspecified atom stereocenters. The summed E-state index contributed by atoms with van der Waals surface area (Å²) in [6.07, 6.45) is 0. The predicted molar refractivity (Wildman–Crippen MR) is 106 cm³/mol. The standard InChI is InChI=1S/C22H21N3/c1-14(2)25-21-13-17(24)9-11-19(21)18-10-8-16(23)12-20(18)22(25)15-6-4-3-5-7-15/h3-14,24H,23H2,1-2H3/p+1. The molecule has 25 heavy (non-hydrogen) atoms. The molecule has 124 valence electrons. The molecular formula is C22H22N3+. The van der Waals surface area contributed by atoms with Crippen molar-refractivity contribution in [2.24, 2.45) is 0 Å². The highest BCUT2D eigenvalue weighted by molar-refractivity contribution is 6.10. The van der Waals surface area contributed by atoms with Crippen LogP contribution in [-0.4, -0.2) is 0 Å². The summed E-state index contributed by atoms with van der Waals surface area (Å²) in [6, 6.07) is 23.1. The molecule has 0 amide bonds. The number of hydrogen-bond acceptors (Lipinski definition) is 2. The summed E-state index contributed by atoms with van der Waals surface area (Å²) in [6.45, 7) is 4.40. The molecule has 4 aromatic rings. The number of nitrogens with two attached hydrogens (primary N) is 2. The van der Waals surface area contributed by atoms with Crippen LogP contribution in [0.5, 0.6) is 0 Å². The summed E-state index contributed by atoms with van der Waals surface area (Å²) in [5.74, 6) is 0. The lowest BCUT2D eigenvalue weighted by Crippen LogP contribution is -2.39. The van der Waals surface area contributed by atoms with Crippen molar-refractivity contribution >= 4 is 33.1 Å². The number of rotatable bonds is 2. The topological polar surface area (TPSA) is 55.9 Å². The van der Waals surface area contributed by atoms with E-state index in [0.717, 1.165) is 22.3 Å². The zero-order valence-electron chi connectivity index (χ0n) is 14.5. The highest BCUT2D eigenvalue weighted by atomic mass is 15.0. The smallest absolute Gasteiger partial charge is 0.221 e. The lowest BCUT2D eigenvalue weighted by Gasteiger charge is -2.15. The molecule has 0 aliphatic carbocycles. The Balaban J connectivity index is 2.30. The molecule has 0 bridgehead atoms. The largest absolute Gasteiger partial charge is 0.399 e. The Morgan fingerprint density at radius 1 is 0.720 bits per heavy atom. The predicted octanol–water partition coefficient (Wildman–Crippen LogP) is 4.69. The summed E-state index contributed by atoms with van der Waals surface area (Å²) < 4.78 is 2.36. The Hall–Kier alpha value is -3.07. The van der Waals surface area contributed by atoms with Crippen LogP contribution in [-0.2, 0) is 0 Å². The van der Waals surface area contributed by atoms with Crippen molar-refractivity contribution in [3.8, 4) is 11.3 Å². The molecule has 1 heterocycles. The molecule has 0 saturated carbocycles. The number of anilines is 2. The van der Waals surface area contributed by atoms with Crippen LogP contribution < -0.4 is 16.0 Å². The van der Waals surface area contributed by atoms with Crippen LogP contribution in [0, 0.1) is 0 Å². The van der Waals surface area contributed by atoms with Crippen molar-refractivity contribution in [3.63, 3.8) is 0 Å². The van der Waals surface area contributed by atoms with Gasteiger partial charge in [-0.05, 0) is 50.2 Å². The molecular weight excluding hydrogens is 306 g/mol. The second-order valence-corrected chi connectivity index (χ2v) is 6.76. The fourth-order valence-electron chi connectivity index (χ4n) is 3.65. The van der Waals surface area contributed by atoms with E-state index >= 15 is 0 Å². The molecule has 1 aromatic heterocycles. The van der Waals surface area contributed by atoms with E-state index in [0.29, 0.717) is 0 Å². The molecule has 3 heteroatoms. The Labute approximate surface area is 147 Å². The number of nitrogens with zero attached hydrogens (tertiary/aromatic N) is 1. The second-order valence-electron chi connectivity index (χ2n) is 6.76. The molecule has 0 spiro atoms. The summed E-state index contributed by atoms with van der Waals surface area (Å²) >= 11 is 0. The summed E-state index contributed by atoms with van der Waals surface area (Å²) in [7, 11) is 0. The lowest BCUT2D eigenvalue weighted by atomic mass is 9.97. The van der Waals surface area contributed by atoms with E-state index in [2.05, 4.69) is 66.9 Å². The Kier molecular flexibility index (Phi) is 3.57. The first-order valence-corrected chi connectivity index (χ1v) is 8.57. The maximum atomic E-state index is 6.14. The van der Waals surface area contributed by atoms with Crippen molar-refractivity contribution in [3.05, 3.63) is 66.7 Å². The van der Waals surface area contributed by atoms with Gasteiger partial charge in [0.05, 0.1) is 10.8 Å². The van der Waals surface area contributed by atoms with Crippen molar-refractivity contribution in [2.45, 2.75) is 19.9 Å². The van der Waals surface area contributed by atoms with Crippen LogP contribution in [0.25, 0.3) is 32.9 Å². The monoisotopic (exact) mass is 328 g/mol. The molecule has 4 N–H and O–H groups in total. The zero-order valence-corrected chi connectivity index (χ0v) is 14.5. The molecule has 0 saturated heterocycles. The third-order valence-electron chi connectivity index (χ3n) is 4.67. The van der Waals surface area contributed by atoms with E-state index in [1.165, 1.54) is 22.0 Å². The molecule has 0 radical (unpaired) electrons. The third kappa shape index (κ3) is 2.49. The van der Waals surface area contributed by atoms with E-state index in [1.807, 2.05) is 18.2 Å². The Morgan fingerprint density at radius 3 is 2.04 bits per heavy atom. The average molecular weight is 328 g/mol. The zero-order chi connectivity index (χ0) is 17.6. The van der Waals surface area contributed by atoms with Crippen LogP contribution in [0.2, 0.25) is 0 Å². The molecule has 0 aliphatic rings. The van der Waals surface area contributed by atoms with Crippen molar-refractivity contribution in [1.29, 1.82) is 0 Å². The molecule has 0 aliphatic heterocycles. The Bertz CT molecular complexity index is 1080. The fourth-order valence-corrected chi connectivity index (χ4v) is 3.65. The normalized spacial score (nSPS) is 11.5. The van der Waals surface area contributed by atoms with E-state index in [1.54, 1.807) is 0 Å². The maximum absolute atomic E-state index is 6.14. The van der Waals surface area contributed by atoms with Gasteiger partial charge in [-0.2, -0.15) is 4.57 Å². The van der Waals surface area contributed by atoms with Gasteiger partial charge in [-0.25, -0.2) is 0 Å². The minimum absolute atomic E-state index is 0.283. The number of pyridine rings is 1. The highest BCUT2D eigenvalue weighted by Gasteiger charge is 2.25. The van der Waals surface area contributed by atoms with Gasteiger partial charge in [0.2, 0.25) is 11.2 Å². The maximum Gasteiger partial charge on any atom is 0.221 e. The average Bonchev–Trinajstić information content (AvgIpc) is 2.60. The number of nitrogen functional groups attached to an aromatic ring is 2. The fraction of sp³-hybridized carbons (Fsp3) is 0.136. The first-order chi connectivity index (χ1) is 12.1. The van der Waals surface area contributed by atoms with Crippen LogP contribution in [0.3, 0.4) is 0 Å². The highest BCUT2D eigenvalue weighted by Crippen LogP contribution is 2.34. The molecule has 0 fully saturated rings. The van der Waals surface area contributed by atoms with Crippen molar-refractivity contribution in [2.75, 3.05) is 11.5 Å². The van der Waals surface area contributed by atoms with Gasteiger partial charge < -0.3 is 11.5 Å². The summed E-state index contributed by atoms with van der Waals surface area (Å²) in [4.78, 5) is 0. The van der Waals surface area contributed by atoms with Gasteiger partial charge in [-0.3, -0.25) is 0 Å². The minimum atomic E-state index is 0.283. The van der Waals surface area contributed by atoms with E-state index in [9.17, 15) is 0 Å². The van der Waals surface area contributed by atoms with Crippen LogP contribution in [0.1, 0.15) is 19.9 Å². The molecule has 0 atom stereocenters. The number of fused-ring (bicyclic) bond motifs is 3. The second kappa shape index (κ2) is 5.78. The first-order valence-electron chi connectivity index (χ1n) is 8.57. The van der Waals surface area contributed by atoms with E-state index < -0.39 is 0 Å². The third-order valence-corrected chi connectivity index (χ3v) is 4.67. The lowest BCUT2D eigenvalue weighted by molar-refractivity contribution is -0.679. The van der Waals surface area contributed by atoms with Crippen LogP contribution in [0.4, 0.5) is 11.4 Å². The summed E-state index contributed by atoms with van der Waals surface area (Å²) in [5, 5.41) is 3.55. The quantitative estimate of drug-likeness (QED) is 0.318. The van der Waals surface area contributed by atoms with Gasteiger partial charge in [-0.15, -0.1) is 0 Å². The van der Waals surface area contributed by atoms with Gasteiger partial charge in [0.25, 0.3) is 0 Å². The number of aromatic nitrogens is 1. The molecule has 3 nitrogen and oxygen atoms in total. The van der Waals surface area contributed by atoms with Gasteiger partial charge in [0, 0.05) is 28.4 Å². The van der Waals surface area contributed by atoms with Gasteiger partial charge in [0.1, 0.15) is 0 Å². The molecule has 3 aromatic carbocycles. The van der Waals surface area contributed by atoms with Crippen LogP contribution in [0.15, 0.2) is 66.7 Å². The van der Waals surface area contributed by atoms with E-state index in [-0.39, 0.29) is 6.04 Å². The van der Waals surface area contributed by atoms with E-state index in [4.69, 9.17) is 11.5 Å². The summed E-state index contributed by atoms with van der Waals surface area (Å²) in [5.41, 5.74) is 17.3. The SMILES string of the molecule is CC(C)[n+]1c(-c2ccccc2)c2cc(N)ccc2c2ccc(N)cc21. The molecule has 4 rings (SSSR count). The first kappa shape index (κ1) is 15.5. The van der Waals surface area contributed by atoms with Gasteiger partial charge in [-0.1, -0.05) is 24.3 Å². The Morgan fingerprint density at radius 2 is 1.36 bits per heavy atom.